The normalized spacial score (nSPS) is 12.1. The highest BCUT2D eigenvalue weighted by atomic mass is 79.9. The molecule has 0 aliphatic heterocycles. The number of para-hydroxylation sites is 2. The minimum atomic E-state index is 1.13. The molecule has 0 amide bonds. The molecule has 0 bridgehead atoms. The number of hydrogen-bond acceptors (Lipinski definition) is 0. The van der Waals surface area contributed by atoms with Crippen molar-refractivity contribution >= 4 is 32.9 Å². The lowest BCUT2D eigenvalue weighted by molar-refractivity contribution is 1.10. The Balaban J connectivity index is 2.42. The molecule has 2 aromatic carbocycles. The Kier molecular flexibility index (Phi) is 3.49. The summed E-state index contributed by atoms with van der Waals surface area (Å²) in [5.41, 5.74) is 4.98. The van der Waals surface area contributed by atoms with Crippen LogP contribution in [0.3, 0.4) is 0 Å². The molecular formula is C18H16BrN. The Morgan fingerprint density at radius 1 is 1.00 bits per heavy atom. The highest BCUT2D eigenvalue weighted by Crippen LogP contribution is 2.30. The van der Waals surface area contributed by atoms with Gasteiger partial charge < -0.3 is 4.57 Å². The predicted octanol–water partition coefficient (Wildman–Crippen LogP) is 5.69. The molecule has 0 atom stereocenters. The van der Waals surface area contributed by atoms with E-state index in [-0.39, 0.29) is 0 Å². The number of halogens is 1. The molecule has 3 rings (SSSR count). The number of nitrogens with zero attached hydrogens (tertiary/aromatic N) is 1. The fourth-order valence-corrected chi connectivity index (χ4v) is 2.85. The first kappa shape index (κ1) is 13.2. The summed E-state index contributed by atoms with van der Waals surface area (Å²) in [4.78, 5) is 0. The molecule has 1 heterocycles. The number of benzene rings is 2. The summed E-state index contributed by atoms with van der Waals surface area (Å²) in [6.45, 7) is 4.25. The first-order valence-corrected chi connectivity index (χ1v) is 7.47. The molecule has 0 aliphatic rings. The van der Waals surface area contributed by atoms with Crippen molar-refractivity contribution in [2.24, 2.45) is 0 Å². The van der Waals surface area contributed by atoms with Crippen molar-refractivity contribution < 1.29 is 0 Å². The van der Waals surface area contributed by atoms with E-state index >= 15 is 0 Å². The summed E-state index contributed by atoms with van der Waals surface area (Å²) in [5, 5.41) is 1.30. The van der Waals surface area contributed by atoms with E-state index in [1.165, 1.54) is 27.8 Å². The van der Waals surface area contributed by atoms with Gasteiger partial charge in [0.1, 0.15) is 0 Å². The molecule has 0 N–H and O–H groups in total. The SMILES string of the molecule is C/C(Br)=C\c1c(C)c2ccccc2n1-c1ccccc1. The van der Waals surface area contributed by atoms with Crippen molar-refractivity contribution in [1.82, 2.24) is 4.57 Å². The predicted molar refractivity (Wildman–Crippen MR) is 90.6 cm³/mol. The van der Waals surface area contributed by atoms with Crippen molar-refractivity contribution in [3.8, 4) is 5.69 Å². The van der Waals surface area contributed by atoms with Crippen molar-refractivity contribution in [2.75, 3.05) is 0 Å². The molecule has 0 saturated carbocycles. The van der Waals surface area contributed by atoms with E-state index in [0.29, 0.717) is 0 Å². The van der Waals surface area contributed by atoms with Gasteiger partial charge in [-0.1, -0.05) is 52.3 Å². The molecule has 2 heteroatoms. The number of rotatable bonds is 2. The molecule has 0 spiro atoms. The third-order valence-electron chi connectivity index (χ3n) is 3.52. The molecule has 0 radical (unpaired) electrons. The minimum Gasteiger partial charge on any atom is -0.310 e. The second-order valence-corrected chi connectivity index (χ2v) is 6.18. The Bertz CT molecular complexity index is 778. The molecule has 1 aromatic heterocycles. The van der Waals surface area contributed by atoms with Crippen molar-refractivity contribution in [1.29, 1.82) is 0 Å². The third-order valence-corrected chi connectivity index (χ3v) is 3.75. The zero-order chi connectivity index (χ0) is 14.1. The lowest BCUT2D eigenvalue weighted by atomic mass is 10.1. The maximum Gasteiger partial charge on any atom is 0.0537 e. The Labute approximate surface area is 127 Å². The average molecular weight is 326 g/mol. The largest absolute Gasteiger partial charge is 0.310 e. The van der Waals surface area contributed by atoms with Gasteiger partial charge in [-0.15, -0.1) is 0 Å². The van der Waals surface area contributed by atoms with Gasteiger partial charge in [0, 0.05) is 11.1 Å². The first-order valence-electron chi connectivity index (χ1n) is 6.68. The van der Waals surface area contributed by atoms with Gasteiger partial charge in [0.25, 0.3) is 0 Å². The van der Waals surface area contributed by atoms with E-state index in [1.54, 1.807) is 0 Å². The van der Waals surface area contributed by atoms with Crippen LogP contribution in [0.5, 0.6) is 0 Å². The van der Waals surface area contributed by atoms with Gasteiger partial charge in [0.05, 0.1) is 11.2 Å². The maximum absolute atomic E-state index is 3.56. The zero-order valence-corrected chi connectivity index (χ0v) is 13.2. The second kappa shape index (κ2) is 5.29. The van der Waals surface area contributed by atoms with E-state index in [9.17, 15) is 0 Å². The van der Waals surface area contributed by atoms with Crippen LogP contribution in [0, 0.1) is 6.92 Å². The molecule has 0 unspecified atom stereocenters. The molecule has 0 aliphatic carbocycles. The van der Waals surface area contributed by atoms with Gasteiger partial charge in [0.15, 0.2) is 0 Å². The third kappa shape index (κ3) is 2.20. The fraction of sp³-hybridized carbons (Fsp3) is 0.111. The van der Waals surface area contributed by atoms with Crippen LogP contribution in [-0.4, -0.2) is 4.57 Å². The highest BCUT2D eigenvalue weighted by Gasteiger charge is 2.13. The van der Waals surface area contributed by atoms with E-state index in [4.69, 9.17) is 0 Å². The van der Waals surface area contributed by atoms with Crippen molar-refractivity contribution in [2.45, 2.75) is 13.8 Å². The standard InChI is InChI=1S/C18H16BrN/c1-13(19)12-18-14(2)16-10-6-7-11-17(16)20(18)15-8-4-3-5-9-15/h3-12H,1-2H3/b13-12+. The van der Waals surface area contributed by atoms with Gasteiger partial charge in [-0.05, 0) is 48.2 Å². The topological polar surface area (TPSA) is 4.93 Å². The summed E-state index contributed by atoms with van der Waals surface area (Å²) in [6, 6.07) is 19.0. The molecule has 3 aromatic rings. The molecule has 0 saturated heterocycles. The molecular weight excluding hydrogens is 310 g/mol. The Hall–Kier alpha value is -1.80. The first-order chi connectivity index (χ1) is 9.68. The van der Waals surface area contributed by atoms with E-state index < -0.39 is 0 Å². The lowest BCUT2D eigenvalue weighted by Gasteiger charge is -2.09. The molecule has 0 fully saturated rings. The molecule has 1 nitrogen and oxygen atoms in total. The zero-order valence-electron chi connectivity index (χ0n) is 11.6. The number of fused-ring (bicyclic) bond motifs is 1. The van der Waals surface area contributed by atoms with Crippen LogP contribution in [0.2, 0.25) is 0 Å². The number of allylic oxidation sites excluding steroid dienone is 1. The van der Waals surface area contributed by atoms with Crippen molar-refractivity contribution in [3.05, 3.63) is 70.3 Å². The van der Waals surface area contributed by atoms with Crippen LogP contribution < -0.4 is 0 Å². The van der Waals surface area contributed by atoms with E-state index in [1.807, 2.05) is 6.07 Å². The Morgan fingerprint density at radius 2 is 1.65 bits per heavy atom. The summed E-state index contributed by atoms with van der Waals surface area (Å²) in [5.74, 6) is 0. The van der Waals surface area contributed by atoms with Gasteiger partial charge in [-0.2, -0.15) is 0 Å². The van der Waals surface area contributed by atoms with Gasteiger partial charge in [0.2, 0.25) is 0 Å². The summed E-state index contributed by atoms with van der Waals surface area (Å²) in [6.07, 6.45) is 2.18. The monoisotopic (exact) mass is 325 g/mol. The van der Waals surface area contributed by atoms with Gasteiger partial charge in [-0.25, -0.2) is 0 Å². The minimum absolute atomic E-state index is 1.13. The van der Waals surface area contributed by atoms with Crippen molar-refractivity contribution in [3.63, 3.8) is 0 Å². The van der Waals surface area contributed by atoms with E-state index in [2.05, 4.69) is 89.0 Å². The number of hydrogen-bond donors (Lipinski definition) is 0. The van der Waals surface area contributed by atoms with Gasteiger partial charge in [-0.3, -0.25) is 0 Å². The summed E-state index contributed by atoms with van der Waals surface area (Å²) < 4.78 is 3.44. The summed E-state index contributed by atoms with van der Waals surface area (Å²) >= 11 is 3.56. The smallest absolute Gasteiger partial charge is 0.0537 e. The Morgan fingerprint density at radius 3 is 2.35 bits per heavy atom. The van der Waals surface area contributed by atoms with Crippen LogP contribution in [0.1, 0.15) is 18.2 Å². The molecule has 100 valence electrons. The summed E-state index contributed by atoms with van der Waals surface area (Å²) in [7, 11) is 0. The second-order valence-electron chi connectivity index (χ2n) is 4.93. The quantitative estimate of drug-likeness (QED) is 0.570. The van der Waals surface area contributed by atoms with Crippen LogP contribution >= 0.6 is 15.9 Å². The van der Waals surface area contributed by atoms with Crippen LogP contribution in [0.15, 0.2) is 59.1 Å². The van der Waals surface area contributed by atoms with Gasteiger partial charge >= 0.3 is 0 Å². The number of aromatic nitrogens is 1. The average Bonchev–Trinajstić information content (AvgIpc) is 2.73. The van der Waals surface area contributed by atoms with Crippen LogP contribution in [-0.2, 0) is 0 Å². The maximum atomic E-state index is 3.56. The highest BCUT2D eigenvalue weighted by molar-refractivity contribution is 9.11. The van der Waals surface area contributed by atoms with Crippen LogP contribution in [0.25, 0.3) is 22.7 Å². The van der Waals surface area contributed by atoms with Crippen LogP contribution in [0.4, 0.5) is 0 Å². The number of aryl methyl sites for hydroxylation is 1. The van der Waals surface area contributed by atoms with E-state index in [0.717, 1.165) is 4.48 Å². The molecule has 20 heavy (non-hydrogen) atoms. The lowest BCUT2D eigenvalue weighted by Crippen LogP contribution is -1.96. The fourth-order valence-electron chi connectivity index (χ4n) is 2.64.